The Hall–Kier alpha value is -1.81. The van der Waals surface area contributed by atoms with Crippen LogP contribution in [0.1, 0.15) is 23.6 Å². The van der Waals surface area contributed by atoms with E-state index in [0.29, 0.717) is 5.02 Å². The number of aromatic nitrogens is 1. The molecule has 1 saturated carbocycles. The Kier molecular flexibility index (Phi) is 2.45. The highest BCUT2D eigenvalue weighted by Gasteiger charge is 2.59. The van der Waals surface area contributed by atoms with Crippen LogP contribution in [0, 0.1) is 11.8 Å². The Morgan fingerprint density at radius 3 is 2.80 bits per heavy atom. The van der Waals surface area contributed by atoms with Gasteiger partial charge in [0.1, 0.15) is 0 Å². The van der Waals surface area contributed by atoms with Crippen LogP contribution in [0.5, 0.6) is 0 Å². The molecule has 0 saturated heterocycles. The molecule has 102 valence electrons. The molecule has 20 heavy (non-hydrogen) atoms. The van der Waals surface area contributed by atoms with E-state index in [1.807, 2.05) is 24.3 Å². The minimum Gasteiger partial charge on any atom is -0.481 e. The highest BCUT2D eigenvalue weighted by Crippen LogP contribution is 2.60. The zero-order valence-corrected chi connectivity index (χ0v) is 11.3. The molecule has 1 aromatic carbocycles. The van der Waals surface area contributed by atoms with Gasteiger partial charge in [-0.2, -0.15) is 0 Å². The van der Waals surface area contributed by atoms with Gasteiger partial charge in [0, 0.05) is 22.1 Å². The van der Waals surface area contributed by atoms with E-state index in [0.717, 1.165) is 35.4 Å². The highest BCUT2D eigenvalue weighted by atomic mass is 35.5. The fourth-order valence-electron chi connectivity index (χ4n) is 3.41. The van der Waals surface area contributed by atoms with Crippen molar-refractivity contribution < 1.29 is 14.4 Å². The van der Waals surface area contributed by atoms with Gasteiger partial charge in [-0.25, -0.2) is 0 Å². The molecule has 3 atom stereocenters. The molecular formula is C15H12ClNO3. The van der Waals surface area contributed by atoms with Gasteiger partial charge in [0.25, 0.3) is 0 Å². The Morgan fingerprint density at radius 2 is 2.10 bits per heavy atom. The first-order chi connectivity index (χ1) is 9.66. The second-order valence-corrected chi connectivity index (χ2v) is 5.91. The zero-order chi connectivity index (χ0) is 13.9. The number of nitrogens with zero attached hydrogens (tertiary/aromatic N) is 1. The van der Waals surface area contributed by atoms with Gasteiger partial charge >= 0.3 is 5.97 Å². The lowest BCUT2D eigenvalue weighted by Crippen LogP contribution is -2.00. The molecule has 1 heterocycles. The molecule has 2 aliphatic carbocycles. The largest absolute Gasteiger partial charge is 0.481 e. The van der Waals surface area contributed by atoms with E-state index in [1.54, 1.807) is 0 Å². The summed E-state index contributed by atoms with van der Waals surface area (Å²) in [5.41, 5.74) is 2.85. The summed E-state index contributed by atoms with van der Waals surface area (Å²) in [4.78, 5) is 11.2. The molecule has 0 amide bonds. The van der Waals surface area contributed by atoms with E-state index in [2.05, 4.69) is 5.16 Å². The lowest BCUT2D eigenvalue weighted by atomic mass is 9.94. The Labute approximate surface area is 120 Å². The van der Waals surface area contributed by atoms with Gasteiger partial charge in [0.05, 0.1) is 11.6 Å². The second-order valence-electron chi connectivity index (χ2n) is 5.47. The maximum Gasteiger partial charge on any atom is 0.307 e. The van der Waals surface area contributed by atoms with Crippen molar-refractivity contribution in [3.8, 4) is 11.3 Å². The fraction of sp³-hybridized carbons (Fsp3) is 0.333. The number of fused-ring (bicyclic) bond motifs is 3. The quantitative estimate of drug-likeness (QED) is 0.921. The monoisotopic (exact) mass is 289 g/mol. The summed E-state index contributed by atoms with van der Waals surface area (Å²) in [5, 5.41) is 14.0. The van der Waals surface area contributed by atoms with Crippen LogP contribution in [-0.4, -0.2) is 16.2 Å². The number of hydrogen-bond acceptors (Lipinski definition) is 3. The van der Waals surface area contributed by atoms with E-state index in [4.69, 9.17) is 16.1 Å². The van der Waals surface area contributed by atoms with Crippen molar-refractivity contribution in [3.63, 3.8) is 0 Å². The van der Waals surface area contributed by atoms with Crippen molar-refractivity contribution >= 4 is 17.6 Å². The Bertz CT molecular complexity index is 692. The van der Waals surface area contributed by atoms with E-state index < -0.39 is 5.97 Å². The molecule has 4 nitrogen and oxygen atoms in total. The summed E-state index contributed by atoms with van der Waals surface area (Å²) in [7, 11) is 0. The zero-order valence-electron chi connectivity index (χ0n) is 10.5. The first-order valence-corrected chi connectivity index (χ1v) is 7.02. The molecular weight excluding hydrogens is 278 g/mol. The normalized spacial score (nSPS) is 26.8. The van der Waals surface area contributed by atoms with Crippen LogP contribution in [0.25, 0.3) is 11.3 Å². The summed E-state index contributed by atoms with van der Waals surface area (Å²) in [6.07, 6.45) is 1.73. The summed E-state index contributed by atoms with van der Waals surface area (Å²) in [6.45, 7) is 0. The maximum absolute atomic E-state index is 11.2. The van der Waals surface area contributed by atoms with Crippen LogP contribution in [0.3, 0.4) is 0 Å². The van der Waals surface area contributed by atoms with E-state index in [-0.39, 0.29) is 17.8 Å². The molecule has 2 aromatic rings. The molecule has 1 N–H and O–H groups in total. The van der Waals surface area contributed by atoms with Crippen LogP contribution >= 0.6 is 11.6 Å². The van der Waals surface area contributed by atoms with E-state index in [1.165, 1.54) is 0 Å². The first kappa shape index (κ1) is 12.0. The summed E-state index contributed by atoms with van der Waals surface area (Å²) < 4.78 is 5.48. The van der Waals surface area contributed by atoms with E-state index >= 15 is 0 Å². The molecule has 0 spiro atoms. The van der Waals surface area contributed by atoms with Crippen molar-refractivity contribution in [1.82, 2.24) is 5.16 Å². The molecule has 0 aliphatic heterocycles. The number of carboxylic acid groups (broad SMARTS) is 1. The number of hydrogen-bond donors (Lipinski definition) is 1. The van der Waals surface area contributed by atoms with Crippen molar-refractivity contribution in [2.45, 2.75) is 18.8 Å². The number of carbonyl (C=O) groups is 1. The molecule has 0 bridgehead atoms. The molecule has 4 rings (SSSR count). The van der Waals surface area contributed by atoms with Crippen LogP contribution in [0.15, 0.2) is 28.8 Å². The highest BCUT2D eigenvalue weighted by molar-refractivity contribution is 6.30. The third kappa shape index (κ3) is 1.61. The van der Waals surface area contributed by atoms with Gasteiger partial charge in [0.15, 0.2) is 5.76 Å². The van der Waals surface area contributed by atoms with Gasteiger partial charge in [0.2, 0.25) is 0 Å². The topological polar surface area (TPSA) is 63.3 Å². The molecule has 2 aliphatic rings. The van der Waals surface area contributed by atoms with Gasteiger partial charge in [-0.05, 0) is 43.0 Å². The predicted molar refractivity (Wildman–Crippen MR) is 72.6 cm³/mol. The van der Waals surface area contributed by atoms with Crippen LogP contribution in [0.4, 0.5) is 0 Å². The molecule has 1 fully saturated rings. The lowest BCUT2D eigenvalue weighted by Gasteiger charge is -2.08. The standard InChI is InChI=1S/C15H12ClNO3/c16-8-3-1-7(2-4-8)14-10-6-5-9-11(12(9)15(18)19)13(10)17-20-14/h1-4,9,11-12H,5-6H2,(H,18,19). The SMILES string of the molecule is O=C(O)C1C2CCc3c(noc3-c3ccc(Cl)cc3)C21. The average molecular weight is 290 g/mol. The summed E-state index contributed by atoms with van der Waals surface area (Å²) in [6, 6.07) is 7.43. The number of rotatable bonds is 2. The summed E-state index contributed by atoms with van der Waals surface area (Å²) >= 11 is 5.89. The number of aliphatic carboxylic acids is 1. The van der Waals surface area contributed by atoms with Crippen molar-refractivity contribution in [2.75, 3.05) is 0 Å². The summed E-state index contributed by atoms with van der Waals surface area (Å²) in [5.74, 6) is 0.0404. The molecule has 3 unspecified atom stereocenters. The second kappa shape index (κ2) is 4.09. The van der Waals surface area contributed by atoms with Crippen molar-refractivity contribution in [3.05, 3.63) is 40.5 Å². The number of benzene rings is 1. The third-order valence-electron chi connectivity index (χ3n) is 4.42. The van der Waals surface area contributed by atoms with Crippen LogP contribution < -0.4 is 0 Å². The maximum atomic E-state index is 11.2. The molecule has 1 aromatic heterocycles. The predicted octanol–water partition coefficient (Wildman–Crippen LogP) is 3.36. The van der Waals surface area contributed by atoms with Crippen LogP contribution in [-0.2, 0) is 11.2 Å². The minimum absolute atomic E-state index is 0.0426. The van der Waals surface area contributed by atoms with E-state index in [9.17, 15) is 9.90 Å². The van der Waals surface area contributed by atoms with Gasteiger partial charge in [-0.1, -0.05) is 16.8 Å². The molecule has 0 radical (unpaired) electrons. The lowest BCUT2D eigenvalue weighted by molar-refractivity contribution is -0.139. The average Bonchev–Trinajstić information content (AvgIpc) is 3.03. The van der Waals surface area contributed by atoms with Gasteiger partial charge < -0.3 is 9.63 Å². The number of halogens is 1. The Morgan fingerprint density at radius 1 is 1.35 bits per heavy atom. The first-order valence-electron chi connectivity index (χ1n) is 6.64. The van der Waals surface area contributed by atoms with Gasteiger partial charge in [-0.15, -0.1) is 0 Å². The van der Waals surface area contributed by atoms with Crippen LogP contribution in [0.2, 0.25) is 5.02 Å². The Balaban J connectivity index is 1.74. The smallest absolute Gasteiger partial charge is 0.307 e. The van der Waals surface area contributed by atoms with Gasteiger partial charge in [-0.3, -0.25) is 4.79 Å². The van der Waals surface area contributed by atoms with Crippen molar-refractivity contribution in [2.24, 2.45) is 11.8 Å². The molecule has 5 heteroatoms. The third-order valence-corrected chi connectivity index (χ3v) is 4.67. The number of carboxylic acids is 1. The van der Waals surface area contributed by atoms with Crippen molar-refractivity contribution in [1.29, 1.82) is 0 Å². The minimum atomic E-state index is -0.719. The fourth-order valence-corrected chi connectivity index (χ4v) is 3.53.